The van der Waals surface area contributed by atoms with Crippen molar-refractivity contribution >= 4 is 11.7 Å². The van der Waals surface area contributed by atoms with Gasteiger partial charge in [0.2, 0.25) is 0 Å². The molecule has 1 heterocycles. The fourth-order valence-corrected chi connectivity index (χ4v) is 2.87. The molecule has 20 heavy (non-hydrogen) atoms. The number of anilines is 1. The minimum absolute atomic E-state index is 0.215. The Kier molecular flexibility index (Phi) is 5.45. The minimum Gasteiger partial charge on any atom is -0.462 e. The van der Waals surface area contributed by atoms with Gasteiger partial charge in [0.1, 0.15) is 0 Å². The number of fused-ring (bicyclic) bond motifs is 1. The highest BCUT2D eigenvalue weighted by Crippen LogP contribution is 2.25. The van der Waals surface area contributed by atoms with Gasteiger partial charge in [-0.15, -0.1) is 0 Å². The average molecular weight is 275 g/mol. The van der Waals surface area contributed by atoms with E-state index >= 15 is 0 Å². The van der Waals surface area contributed by atoms with Crippen molar-refractivity contribution in [2.45, 2.75) is 46.0 Å². The molecule has 0 spiro atoms. The number of carbonyl (C=O) groups excluding carboxylic acids is 1. The Hall–Kier alpha value is -1.51. The third-order valence-electron chi connectivity index (χ3n) is 4.01. The molecule has 3 heteroatoms. The Morgan fingerprint density at radius 3 is 2.70 bits per heavy atom. The van der Waals surface area contributed by atoms with Gasteiger partial charge < -0.3 is 10.1 Å². The Labute approximate surface area is 121 Å². The van der Waals surface area contributed by atoms with Crippen LogP contribution in [0.4, 0.5) is 5.69 Å². The van der Waals surface area contributed by atoms with E-state index in [2.05, 4.69) is 12.2 Å². The largest absolute Gasteiger partial charge is 0.462 e. The SMILES string of the molecule is CC1CCCC1.CCOC(=O)c1cccc2c1CCN2. The monoisotopic (exact) mass is 275 g/mol. The summed E-state index contributed by atoms with van der Waals surface area (Å²) in [4.78, 5) is 11.6. The molecule has 1 N–H and O–H groups in total. The Balaban J connectivity index is 0.000000205. The van der Waals surface area contributed by atoms with Crippen LogP contribution in [0, 0.1) is 5.92 Å². The predicted octanol–water partition coefficient (Wildman–Crippen LogP) is 4.03. The highest BCUT2D eigenvalue weighted by atomic mass is 16.5. The number of ether oxygens (including phenoxy) is 1. The molecule has 0 saturated heterocycles. The number of nitrogens with one attached hydrogen (secondary N) is 1. The maximum atomic E-state index is 11.6. The van der Waals surface area contributed by atoms with Crippen molar-refractivity contribution in [3.63, 3.8) is 0 Å². The van der Waals surface area contributed by atoms with Crippen molar-refractivity contribution in [3.05, 3.63) is 29.3 Å². The van der Waals surface area contributed by atoms with E-state index in [4.69, 9.17) is 4.74 Å². The molecule has 2 aliphatic rings. The van der Waals surface area contributed by atoms with Crippen LogP contribution in [0.3, 0.4) is 0 Å². The standard InChI is InChI=1S/C11H13NO2.C6H12/c1-2-14-11(13)9-4-3-5-10-8(9)6-7-12-10;1-6-4-2-3-5-6/h3-5,12H,2,6-7H2,1H3;6H,2-5H2,1H3. The molecule has 3 nitrogen and oxygen atoms in total. The lowest BCUT2D eigenvalue weighted by Gasteiger charge is -2.06. The highest BCUT2D eigenvalue weighted by molar-refractivity contribution is 5.93. The summed E-state index contributed by atoms with van der Waals surface area (Å²) in [7, 11) is 0. The number of rotatable bonds is 2. The second-order valence-corrected chi connectivity index (χ2v) is 5.62. The molecule has 0 atom stereocenters. The van der Waals surface area contributed by atoms with Crippen molar-refractivity contribution < 1.29 is 9.53 Å². The second-order valence-electron chi connectivity index (χ2n) is 5.62. The van der Waals surface area contributed by atoms with Gasteiger partial charge >= 0.3 is 5.97 Å². The molecule has 0 radical (unpaired) electrons. The molecule has 0 amide bonds. The molecule has 1 saturated carbocycles. The number of esters is 1. The van der Waals surface area contributed by atoms with Crippen LogP contribution in [-0.2, 0) is 11.2 Å². The van der Waals surface area contributed by atoms with Gasteiger partial charge in [0.15, 0.2) is 0 Å². The van der Waals surface area contributed by atoms with Crippen molar-refractivity contribution in [1.29, 1.82) is 0 Å². The van der Waals surface area contributed by atoms with Crippen LogP contribution in [0.1, 0.15) is 55.5 Å². The van der Waals surface area contributed by atoms with E-state index in [-0.39, 0.29) is 5.97 Å². The van der Waals surface area contributed by atoms with Crippen LogP contribution in [-0.4, -0.2) is 19.1 Å². The van der Waals surface area contributed by atoms with E-state index in [1.54, 1.807) is 0 Å². The van der Waals surface area contributed by atoms with Gasteiger partial charge in [0.05, 0.1) is 12.2 Å². The Morgan fingerprint density at radius 2 is 2.10 bits per heavy atom. The number of benzene rings is 1. The van der Waals surface area contributed by atoms with Gasteiger partial charge in [0, 0.05) is 12.2 Å². The molecule has 3 rings (SSSR count). The summed E-state index contributed by atoms with van der Waals surface area (Å²) in [5, 5.41) is 3.23. The fourth-order valence-electron chi connectivity index (χ4n) is 2.87. The summed E-state index contributed by atoms with van der Waals surface area (Å²) in [6, 6.07) is 5.69. The van der Waals surface area contributed by atoms with Crippen LogP contribution in [0.25, 0.3) is 0 Å². The quantitative estimate of drug-likeness (QED) is 0.828. The van der Waals surface area contributed by atoms with Crippen LogP contribution >= 0.6 is 0 Å². The molecule has 0 unspecified atom stereocenters. The molecule has 1 aliphatic heterocycles. The summed E-state index contributed by atoms with van der Waals surface area (Å²) in [6.45, 7) is 5.49. The van der Waals surface area contributed by atoms with Crippen molar-refractivity contribution in [2.24, 2.45) is 5.92 Å². The fraction of sp³-hybridized carbons (Fsp3) is 0.588. The van der Waals surface area contributed by atoms with Crippen molar-refractivity contribution in [2.75, 3.05) is 18.5 Å². The van der Waals surface area contributed by atoms with Crippen molar-refractivity contribution in [3.8, 4) is 0 Å². The van der Waals surface area contributed by atoms with Gasteiger partial charge in [-0.3, -0.25) is 0 Å². The lowest BCUT2D eigenvalue weighted by atomic mass is 10.1. The molecule has 1 aromatic carbocycles. The maximum absolute atomic E-state index is 11.6. The zero-order valence-corrected chi connectivity index (χ0v) is 12.6. The van der Waals surface area contributed by atoms with Gasteiger partial charge in [-0.2, -0.15) is 0 Å². The Bertz CT molecular complexity index is 450. The van der Waals surface area contributed by atoms with Gasteiger partial charge in [0.25, 0.3) is 0 Å². The van der Waals surface area contributed by atoms with Crippen molar-refractivity contribution in [1.82, 2.24) is 0 Å². The van der Waals surface area contributed by atoms with Crippen LogP contribution in [0.2, 0.25) is 0 Å². The summed E-state index contributed by atoms with van der Waals surface area (Å²) in [5.74, 6) is 0.832. The van der Waals surface area contributed by atoms with E-state index in [1.165, 1.54) is 25.7 Å². The van der Waals surface area contributed by atoms with Crippen LogP contribution in [0.15, 0.2) is 18.2 Å². The van der Waals surface area contributed by atoms with E-state index in [0.29, 0.717) is 12.2 Å². The third-order valence-corrected chi connectivity index (χ3v) is 4.01. The molecule has 1 aliphatic carbocycles. The first-order chi connectivity index (χ1) is 9.72. The lowest BCUT2D eigenvalue weighted by Crippen LogP contribution is -2.07. The van der Waals surface area contributed by atoms with Crippen LogP contribution in [0.5, 0.6) is 0 Å². The smallest absolute Gasteiger partial charge is 0.338 e. The summed E-state index contributed by atoms with van der Waals surface area (Å²) in [6.07, 6.45) is 6.85. The highest BCUT2D eigenvalue weighted by Gasteiger charge is 2.18. The van der Waals surface area contributed by atoms with E-state index in [1.807, 2.05) is 25.1 Å². The summed E-state index contributed by atoms with van der Waals surface area (Å²) < 4.78 is 4.99. The van der Waals surface area contributed by atoms with Gasteiger partial charge in [-0.25, -0.2) is 4.79 Å². The van der Waals surface area contributed by atoms with E-state index in [0.717, 1.165) is 30.1 Å². The topological polar surface area (TPSA) is 38.3 Å². The first-order valence-electron chi connectivity index (χ1n) is 7.75. The zero-order chi connectivity index (χ0) is 14.4. The maximum Gasteiger partial charge on any atom is 0.338 e. The van der Waals surface area contributed by atoms with Gasteiger partial charge in [-0.1, -0.05) is 38.7 Å². The average Bonchev–Trinajstić information content (AvgIpc) is 3.09. The zero-order valence-electron chi connectivity index (χ0n) is 12.6. The normalized spacial score (nSPS) is 16.9. The number of carbonyl (C=O) groups is 1. The summed E-state index contributed by atoms with van der Waals surface area (Å²) in [5.41, 5.74) is 2.86. The molecule has 1 fully saturated rings. The Morgan fingerprint density at radius 1 is 1.35 bits per heavy atom. The first kappa shape index (κ1) is 14.9. The van der Waals surface area contributed by atoms with E-state index < -0.39 is 0 Å². The van der Waals surface area contributed by atoms with Crippen LogP contribution < -0.4 is 5.32 Å². The molecule has 1 aromatic rings. The second kappa shape index (κ2) is 7.32. The lowest BCUT2D eigenvalue weighted by molar-refractivity contribution is 0.0525. The minimum atomic E-state index is -0.215. The molecular weight excluding hydrogens is 250 g/mol. The first-order valence-corrected chi connectivity index (χ1v) is 7.75. The van der Waals surface area contributed by atoms with Gasteiger partial charge in [-0.05, 0) is 37.0 Å². The molecule has 110 valence electrons. The predicted molar refractivity (Wildman–Crippen MR) is 82.2 cm³/mol. The molecule has 0 bridgehead atoms. The van der Waals surface area contributed by atoms with E-state index in [9.17, 15) is 4.79 Å². The summed E-state index contributed by atoms with van der Waals surface area (Å²) >= 11 is 0. The molecular formula is C17H25NO2. The number of hydrogen-bond acceptors (Lipinski definition) is 3. The number of hydrogen-bond donors (Lipinski definition) is 1. The molecule has 0 aromatic heterocycles. The third kappa shape index (κ3) is 3.75.